The van der Waals surface area contributed by atoms with Crippen molar-refractivity contribution < 1.29 is 0 Å². The van der Waals surface area contributed by atoms with E-state index in [1.54, 1.807) is 4.57 Å². The van der Waals surface area contributed by atoms with Crippen LogP contribution in [-0.2, 0) is 7.05 Å². The molecule has 0 aliphatic heterocycles. The van der Waals surface area contributed by atoms with Gasteiger partial charge < -0.3 is 0 Å². The third-order valence-electron chi connectivity index (χ3n) is 7.96. The zero-order valence-corrected chi connectivity index (χ0v) is 21.3. The van der Waals surface area contributed by atoms with Crippen molar-refractivity contribution in [3.05, 3.63) is 132 Å². The summed E-state index contributed by atoms with van der Waals surface area (Å²) in [5.41, 5.74) is 7.14. The van der Waals surface area contributed by atoms with E-state index in [-0.39, 0.29) is 5.69 Å². The number of hydrogen-bond acceptors (Lipinski definition) is 2. The van der Waals surface area contributed by atoms with Gasteiger partial charge >= 0.3 is 5.69 Å². The second kappa shape index (κ2) is 8.14. The van der Waals surface area contributed by atoms with Crippen LogP contribution in [0, 0.1) is 0 Å². The molecule has 8 rings (SSSR count). The number of benzene rings is 5. The molecule has 0 unspecified atom stereocenters. The maximum absolute atomic E-state index is 13.4. The fourth-order valence-corrected chi connectivity index (χ4v) is 6.23. The lowest BCUT2D eigenvalue weighted by atomic mass is 9.87. The molecular formula is C35H23N3O. The SMILES string of the molecule is Cn1c(=O)n2c3ccccc3cc2c2cc(-c3c4ccccc4c(-c4ccccn4)c4ccccc34)ccc21. The van der Waals surface area contributed by atoms with Crippen molar-refractivity contribution in [2.75, 3.05) is 0 Å². The number of aryl methyl sites for hydroxylation is 1. The Morgan fingerprint density at radius 3 is 1.90 bits per heavy atom. The van der Waals surface area contributed by atoms with Gasteiger partial charge in [0.2, 0.25) is 0 Å². The van der Waals surface area contributed by atoms with Gasteiger partial charge in [0.05, 0.1) is 22.2 Å². The molecule has 0 aliphatic carbocycles. The van der Waals surface area contributed by atoms with Gasteiger partial charge in [0, 0.05) is 29.6 Å². The van der Waals surface area contributed by atoms with E-state index in [4.69, 9.17) is 4.98 Å². The molecule has 0 amide bonds. The third kappa shape index (κ3) is 3.06. The van der Waals surface area contributed by atoms with Gasteiger partial charge in [-0.05, 0) is 69.1 Å². The number of aromatic nitrogens is 3. The summed E-state index contributed by atoms with van der Waals surface area (Å²) in [5.74, 6) is 0. The molecule has 8 aromatic rings. The van der Waals surface area contributed by atoms with Crippen LogP contribution in [0.15, 0.2) is 126 Å². The minimum Gasteiger partial charge on any atom is -0.296 e. The highest BCUT2D eigenvalue weighted by Gasteiger charge is 2.18. The van der Waals surface area contributed by atoms with Crippen molar-refractivity contribution in [3.63, 3.8) is 0 Å². The van der Waals surface area contributed by atoms with Gasteiger partial charge in [-0.25, -0.2) is 4.79 Å². The molecule has 3 aromatic heterocycles. The Kier molecular flexibility index (Phi) is 4.55. The van der Waals surface area contributed by atoms with E-state index in [1.165, 1.54) is 27.1 Å². The number of pyridine rings is 1. The van der Waals surface area contributed by atoms with E-state index in [9.17, 15) is 4.79 Å². The summed E-state index contributed by atoms with van der Waals surface area (Å²) in [6.45, 7) is 0. The number of nitrogens with zero attached hydrogens (tertiary/aromatic N) is 3. The number of para-hydroxylation sites is 1. The first-order chi connectivity index (χ1) is 19.2. The predicted molar refractivity (Wildman–Crippen MR) is 161 cm³/mol. The van der Waals surface area contributed by atoms with Gasteiger partial charge in [-0.1, -0.05) is 78.9 Å². The highest BCUT2D eigenvalue weighted by atomic mass is 16.1. The Balaban J connectivity index is 1.53. The molecular weight excluding hydrogens is 478 g/mol. The first-order valence-corrected chi connectivity index (χ1v) is 13.1. The zero-order chi connectivity index (χ0) is 26.1. The van der Waals surface area contributed by atoms with Gasteiger partial charge in [-0.15, -0.1) is 0 Å². The number of hydrogen-bond donors (Lipinski definition) is 0. The van der Waals surface area contributed by atoms with E-state index in [0.717, 1.165) is 44.1 Å². The molecule has 0 atom stereocenters. The molecule has 0 saturated heterocycles. The summed E-state index contributed by atoms with van der Waals surface area (Å²) >= 11 is 0. The summed E-state index contributed by atoms with van der Waals surface area (Å²) in [4.78, 5) is 18.1. The van der Waals surface area contributed by atoms with Crippen LogP contribution >= 0.6 is 0 Å². The molecule has 3 heterocycles. The highest BCUT2D eigenvalue weighted by Crippen LogP contribution is 2.43. The minimum atomic E-state index is -0.0398. The van der Waals surface area contributed by atoms with Crippen LogP contribution in [-0.4, -0.2) is 14.0 Å². The van der Waals surface area contributed by atoms with Gasteiger partial charge in [0.25, 0.3) is 0 Å². The van der Waals surface area contributed by atoms with Crippen LogP contribution < -0.4 is 5.69 Å². The van der Waals surface area contributed by atoms with Crippen molar-refractivity contribution in [1.29, 1.82) is 0 Å². The largest absolute Gasteiger partial charge is 0.333 e. The van der Waals surface area contributed by atoms with Crippen molar-refractivity contribution in [2.45, 2.75) is 0 Å². The normalized spacial score (nSPS) is 11.8. The molecule has 4 nitrogen and oxygen atoms in total. The van der Waals surface area contributed by atoms with E-state index < -0.39 is 0 Å². The van der Waals surface area contributed by atoms with E-state index in [2.05, 4.69) is 84.9 Å². The summed E-state index contributed by atoms with van der Waals surface area (Å²) in [7, 11) is 1.85. The second-order valence-electron chi connectivity index (χ2n) is 10.1. The van der Waals surface area contributed by atoms with Crippen LogP contribution in [0.25, 0.3) is 71.3 Å². The Morgan fingerprint density at radius 1 is 0.564 bits per heavy atom. The maximum atomic E-state index is 13.4. The molecule has 39 heavy (non-hydrogen) atoms. The van der Waals surface area contributed by atoms with Crippen LogP contribution in [0.5, 0.6) is 0 Å². The fourth-order valence-electron chi connectivity index (χ4n) is 6.23. The van der Waals surface area contributed by atoms with Gasteiger partial charge in [-0.3, -0.25) is 14.0 Å². The first kappa shape index (κ1) is 21.8. The summed E-state index contributed by atoms with van der Waals surface area (Å²) in [5, 5.41) is 6.80. The zero-order valence-electron chi connectivity index (χ0n) is 21.3. The highest BCUT2D eigenvalue weighted by molar-refractivity contribution is 6.21. The van der Waals surface area contributed by atoms with E-state index in [1.807, 2.05) is 48.0 Å². The topological polar surface area (TPSA) is 39.3 Å². The summed E-state index contributed by atoms with van der Waals surface area (Å²) < 4.78 is 3.58. The molecule has 5 aromatic carbocycles. The first-order valence-electron chi connectivity index (χ1n) is 13.1. The predicted octanol–water partition coefficient (Wildman–Crippen LogP) is 7.98. The molecule has 4 heteroatoms. The Morgan fingerprint density at radius 2 is 1.21 bits per heavy atom. The van der Waals surface area contributed by atoms with Crippen molar-refractivity contribution in [1.82, 2.24) is 14.0 Å². The minimum absolute atomic E-state index is 0.0398. The van der Waals surface area contributed by atoms with Crippen LogP contribution in [0.3, 0.4) is 0 Å². The molecule has 184 valence electrons. The third-order valence-corrected chi connectivity index (χ3v) is 7.96. The smallest absolute Gasteiger partial charge is 0.296 e. The fraction of sp³-hybridized carbons (Fsp3) is 0.0286. The molecule has 0 radical (unpaired) electrons. The van der Waals surface area contributed by atoms with Crippen LogP contribution in [0.1, 0.15) is 0 Å². The van der Waals surface area contributed by atoms with Gasteiger partial charge in [0.1, 0.15) is 0 Å². The van der Waals surface area contributed by atoms with E-state index in [0.29, 0.717) is 0 Å². The lowest BCUT2D eigenvalue weighted by Gasteiger charge is -2.18. The van der Waals surface area contributed by atoms with Crippen molar-refractivity contribution in [3.8, 4) is 22.4 Å². The average molecular weight is 502 g/mol. The summed E-state index contributed by atoms with van der Waals surface area (Å²) in [6, 6.07) is 39.9. The lowest BCUT2D eigenvalue weighted by molar-refractivity contribution is 0.838. The Bertz CT molecular complexity index is 2250. The molecule has 0 N–H and O–H groups in total. The number of fused-ring (bicyclic) bond motifs is 7. The molecule has 0 fully saturated rings. The van der Waals surface area contributed by atoms with Gasteiger partial charge in [-0.2, -0.15) is 0 Å². The van der Waals surface area contributed by atoms with Crippen LogP contribution in [0.2, 0.25) is 0 Å². The monoisotopic (exact) mass is 501 g/mol. The molecule has 0 bridgehead atoms. The van der Waals surface area contributed by atoms with Crippen LogP contribution in [0.4, 0.5) is 0 Å². The Hall–Kier alpha value is -5.22. The summed E-state index contributed by atoms with van der Waals surface area (Å²) in [6.07, 6.45) is 1.85. The second-order valence-corrected chi connectivity index (χ2v) is 10.1. The van der Waals surface area contributed by atoms with Gasteiger partial charge in [0.15, 0.2) is 0 Å². The number of rotatable bonds is 2. The molecule has 0 aliphatic rings. The Labute approximate surface area is 224 Å². The molecule has 0 spiro atoms. The lowest BCUT2D eigenvalue weighted by Crippen LogP contribution is -2.24. The van der Waals surface area contributed by atoms with Crippen molar-refractivity contribution in [2.24, 2.45) is 7.05 Å². The quantitative estimate of drug-likeness (QED) is 0.225. The molecule has 0 saturated carbocycles. The average Bonchev–Trinajstić information content (AvgIpc) is 3.39. The maximum Gasteiger partial charge on any atom is 0.333 e. The van der Waals surface area contributed by atoms with E-state index >= 15 is 0 Å². The van der Waals surface area contributed by atoms with Crippen molar-refractivity contribution >= 4 is 48.9 Å². The standard InChI is InChI=1S/C35H23N3O/c1-37-31-18-17-23(20-28(31)32-21-22-10-2-7-16-30(22)38(32)35(37)39)33-24-11-3-5-13-26(24)34(29-15-8-9-19-36-29)27-14-6-4-12-25(27)33/h2-21H,1H3.